The molecule has 0 unspecified atom stereocenters. The Morgan fingerprint density at radius 2 is 1.23 bits per heavy atom. The van der Waals surface area contributed by atoms with Gasteiger partial charge in [0.15, 0.2) is 0 Å². The van der Waals surface area contributed by atoms with Gasteiger partial charge in [-0.2, -0.15) is 26.3 Å². The van der Waals surface area contributed by atoms with Crippen LogP contribution < -0.4 is 5.73 Å². The molecule has 1 aromatic carbocycles. The first kappa shape index (κ1) is 18.7. The number of hydrogen-bond acceptors (Lipinski definition) is 3. The fourth-order valence-electron chi connectivity index (χ4n) is 1.77. The maximum atomic E-state index is 12.7. The van der Waals surface area contributed by atoms with Gasteiger partial charge in [-0.15, -0.1) is 0 Å². The first-order chi connectivity index (χ1) is 9.91. The summed E-state index contributed by atoms with van der Waals surface area (Å²) in [5.41, 5.74) is 1.04. The number of hydrogen-bond donors (Lipinski definition) is 3. The number of halogens is 6. The highest BCUT2D eigenvalue weighted by atomic mass is 19.4. The number of aliphatic hydroxyl groups is 2. The van der Waals surface area contributed by atoms with Gasteiger partial charge in [0.05, 0.1) is 29.9 Å². The van der Waals surface area contributed by atoms with Crippen LogP contribution in [0.4, 0.5) is 26.3 Å². The number of rotatable bonds is 5. The lowest BCUT2D eigenvalue weighted by Crippen LogP contribution is -2.47. The summed E-state index contributed by atoms with van der Waals surface area (Å²) in [4.78, 5) is 0. The van der Waals surface area contributed by atoms with Crippen LogP contribution in [0.1, 0.15) is 23.1 Å². The SMILES string of the molecule is NC(CO)(CO)CCc1cc(C(F)(F)F)cc(C(F)(F)F)c1. The average Bonchev–Trinajstić information content (AvgIpc) is 2.42. The molecule has 0 aliphatic rings. The molecular weight excluding hydrogens is 316 g/mol. The van der Waals surface area contributed by atoms with Crippen LogP contribution in [-0.2, 0) is 18.8 Å². The van der Waals surface area contributed by atoms with Crippen molar-refractivity contribution in [2.24, 2.45) is 5.73 Å². The van der Waals surface area contributed by atoms with Gasteiger partial charge in [0.1, 0.15) is 0 Å². The first-order valence-electron chi connectivity index (χ1n) is 6.20. The van der Waals surface area contributed by atoms with Crippen LogP contribution in [-0.4, -0.2) is 29.0 Å². The number of alkyl halides is 6. The molecule has 3 nitrogen and oxygen atoms in total. The molecule has 0 fully saturated rings. The normalized spacial score (nSPS) is 13.5. The van der Waals surface area contributed by atoms with Gasteiger partial charge in [-0.3, -0.25) is 0 Å². The Kier molecular flexibility index (Phi) is 5.47. The number of benzene rings is 1. The Labute approximate surface area is 122 Å². The lowest BCUT2D eigenvalue weighted by molar-refractivity contribution is -0.143. The quantitative estimate of drug-likeness (QED) is 0.726. The van der Waals surface area contributed by atoms with Gasteiger partial charge in [0.25, 0.3) is 0 Å². The second kappa shape index (κ2) is 6.43. The van der Waals surface area contributed by atoms with E-state index in [-0.39, 0.29) is 24.5 Å². The van der Waals surface area contributed by atoms with E-state index in [1.807, 2.05) is 0 Å². The van der Waals surface area contributed by atoms with E-state index in [2.05, 4.69) is 0 Å². The van der Waals surface area contributed by atoms with Crippen molar-refractivity contribution in [3.63, 3.8) is 0 Å². The van der Waals surface area contributed by atoms with Crippen LogP contribution >= 0.6 is 0 Å². The molecule has 0 spiro atoms. The molecule has 0 saturated carbocycles. The Morgan fingerprint density at radius 3 is 1.55 bits per heavy atom. The molecule has 0 heterocycles. The van der Waals surface area contributed by atoms with Crippen LogP contribution in [0.25, 0.3) is 0 Å². The summed E-state index contributed by atoms with van der Waals surface area (Å²) in [7, 11) is 0. The maximum absolute atomic E-state index is 12.7. The zero-order valence-electron chi connectivity index (χ0n) is 11.3. The molecule has 1 aromatic rings. The van der Waals surface area contributed by atoms with E-state index in [1.165, 1.54) is 0 Å². The molecule has 0 amide bonds. The summed E-state index contributed by atoms with van der Waals surface area (Å²) in [5.74, 6) is 0. The molecule has 0 radical (unpaired) electrons. The summed E-state index contributed by atoms with van der Waals surface area (Å²) in [6, 6.07) is 1.24. The van der Waals surface area contributed by atoms with Crippen molar-refractivity contribution in [2.45, 2.75) is 30.7 Å². The number of nitrogens with two attached hydrogens (primary N) is 1. The molecular formula is C13H15F6NO2. The molecule has 1 rings (SSSR count). The minimum absolute atomic E-state index is 0.0390. The van der Waals surface area contributed by atoms with E-state index >= 15 is 0 Å². The Bertz CT molecular complexity index is 476. The van der Waals surface area contributed by atoms with Crippen LogP contribution in [0.5, 0.6) is 0 Å². The first-order valence-corrected chi connectivity index (χ1v) is 6.20. The summed E-state index contributed by atoms with van der Waals surface area (Å²) in [6.45, 7) is -1.29. The maximum Gasteiger partial charge on any atom is 0.416 e. The Morgan fingerprint density at radius 1 is 0.818 bits per heavy atom. The van der Waals surface area contributed by atoms with E-state index in [4.69, 9.17) is 15.9 Å². The van der Waals surface area contributed by atoms with Gasteiger partial charge in [-0.1, -0.05) is 0 Å². The summed E-state index contributed by atoms with van der Waals surface area (Å²) in [6.07, 6.45) is -10.2. The molecule has 0 bridgehead atoms. The van der Waals surface area contributed by atoms with Crippen molar-refractivity contribution in [1.29, 1.82) is 0 Å². The van der Waals surface area contributed by atoms with Crippen molar-refractivity contribution >= 4 is 0 Å². The lowest BCUT2D eigenvalue weighted by atomic mass is 9.92. The molecule has 22 heavy (non-hydrogen) atoms. The van der Waals surface area contributed by atoms with Gasteiger partial charge < -0.3 is 15.9 Å². The molecule has 126 valence electrons. The van der Waals surface area contributed by atoms with Crippen molar-refractivity contribution in [2.75, 3.05) is 13.2 Å². The van der Waals surface area contributed by atoms with Gasteiger partial charge in [0, 0.05) is 0 Å². The number of aryl methyl sites for hydroxylation is 1. The van der Waals surface area contributed by atoms with E-state index in [0.29, 0.717) is 12.1 Å². The van der Waals surface area contributed by atoms with Gasteiger partial charge in [-0.05, 0) is 36.6 Å². The number of aliphatic hydroxyl groups excluding tert-OH is 2. The van der Waals surface area contributed by atoms with E-state index in [1.54, 1.807) is 0 Å². The Hall–Kier alpha value is -1.32. The minimum Gasteiger partial charge on any atom is -0.394 e. The molecule has 0 atom stereocenters. The second-order valence-corrected chi connectivity index (χ2v) is 5.09. The topological polar surface area (TPSA) is 66.5 Å². The molecule has 0 aliphatic heterocycles. The predicted molar refractivity (Wildman–Crippen MR) is 65.9 cm³/mol. The van der Waals surface area contributed by atoms with Crippen molar-refractivity contribution < 1.29 is 36.6 Å². The molecule has 9 heteroatoms. The minimum atomic E-state index is -4.91. The zero-order valence-corrected chi connectivity index (χ0v) is 11.3. The molecule has 4 N–H and O–H groups in total. The van der Waals surface area contributed by atoms with Crippen molar-refractivity contribution in [3.8, 4) is 0 Å². The second-order valence-electron chi connectivity index (χ2n) is 5.09. The van der Waals surface area contributed by atoms with Crippen LogP contribution in [0.3, 0.4) is 0 Å². The predicted octanol–water partition coefficient (Wildman–Crippen LogP) is 2.34. The van der Waals surface area contributed by atoms with E-state index < -0.39 is 42.2 Å². The monoisotopic (exact) mass is 331 g/mol. The van der Waals surface area contributed by atoms with Crippen molar-refractivity contribution in [3.05, 3.63) is 34.9 Å². The van der Waals surface area contributed by atoms with E-state index in [0.717, 1.165) is 0 Å². The van der Waals surface area contributed by atoms with Crippen LogP contribution in [0, 0.1) is 0 Å². The van der Waals surface area contributed by atoms with Crippen LogP contribution in [0.2, 0.25) is 0 Å². The lowest BCUT2D eigenvalue weighted by Gasteiger charge is -2.24. The third-order valence-corrected chi connectivity index (χ3v) is 3.19. The highest BCUT2D eigenvalue weighted by Crippen LogP contribution is 2.36. The summed E-state index contributed by atoms with van der Waals surface area (Å²) < 4.78 is 76.0. The fraction of sp³-hybridized carbons (Fsp3) is 0.538. The molecule has 0 aromatic heterocycles. The summed E-state index contributed by atoms with van der Waals surface area (Å²) in [5, 5.41) is 18.0. The largest absolute Gasteiger partial charge is 0.416 e. The third-order valence-electron chi connectivity index (χ3n) is 3.19. The zero-order chi connectivity index (χ0) is 17.2. The van der Waals surface area contributed by atoms with Gasteiger partial charge >= 0.3 is 12.4 Å². The smallest absolute Gasteiger partial charge is 0.394 e. The third kappa shape index (κ3) is 4.85. The van der Waals surface area contributed by atoms with E-state index in [9.17, 15) is 26.3 Å². The van der Waals surface area contributed by atoms with Crippen molar-refractivity contribution in [1.82, 2.24) is 0 Å². The standard InChI is InChI=1S/C13H15F6NO2/c14-12(15,16)9-3-8(1-2-11(20,6-21)7-22)4-10(5-9)13(17,18)19/h3-5,21-22H,1-2,6-7,20H2. The highest BCUT2D eigenvalue weighted by Gasteiger charge is 2.37. The van der Waals surface area contributed by atoms with Gasteiger partial charge in [0.2, 0.25) is 0 Å². The highest BCUT2D eigenvalue weighted by molar-refractivity contribution is 5.33. The van der Waals surface area contributed by atoms with Gasteiger partial charge in [-0.25, -0.2) is 0 Å². The average molecular weight is 331 g/mol. The molecule has 0 saturated heterocycles. The Balaban J connectivity index is 3.14. The molecule has 0 aliphatic carbocycles. The summed E-state index contributed by atoms with van der Waals surface area (Å²) >= 11 is 0. The fourth-order valence-corrected chi connectivity index (χ4v) is 1.77. The van der Waals surface area contributed by atoms with Crippen LogP contribution in [0.15, 0.2) is 18.2 Å².